The number of rotatable bonds is 6. The first kappa shape index (κ1) is 13.9. The predicted molar refractivity (Wildman–Crippen MR) is 77.5 cm³/mol. The lowest BCUT2D eigenvalue weighted by Crippen LogP contribution is -2.08. The lowest BCUT2D eigenvalue weighted by molar-refractivity contribution is 0.217. The Kier molecular flexibility index (Phi) is 5.24. The molecule has 0 amide bonds. The number of benzene rings is 2. The van der Waals surface area contributed by atoms with Crippen molar-refractivity contribution in [3.63, 3.8) is 0 Å². The van der Waals surface area contributed by atoms with Gasteiger partial charge in [0, 0.05) is 4.47 Å². The van der Waals surface area contributed by atoms with E-state index in [1.54, 1.807) is 0 Å². The molecule has 3 nitrogen and oxygen atoms in total. The number of ether oxygens (including phenoxy) is 2. The van der Waals surface area contributed by atoms with Gasteiger partial charge in [0.05, 0.1) is 6.61 Å². The molecule has 0 aliphatic heterocycles. The zero-order valence-corrected chi connectivity index (χ0v) is 12.0. The highest BCUT2D eigenvalue weighted by molar-refractivity contribution is 9.10. The molecule has 0 atom stereocenters. The molecule has 0 heterocycles. The minimum atomic E-state index is 0.0479. The average Bonchev–Trinajstić information content (AvgIpc) is 2.44. The second-order valence-electron chi connectivity index (χ2n) is 3.96. The topological polar surface area (TPSA) is 38.7 Å². The van der Waals surface area contributed by atoms with Crippen molar-refractivity contribution in [2.75, 3.05) is 13.2 Å². The Balaban J connectivity index is 1.74. The summed E-state index contributed by atoms with van der Waals surface area (Å²) in [7, 11) is 0. The first-order valence-corrected chi connectivity index (χ1v) is 6.78. The van der Waals surface area contributed by atoms with Crippen LogP contribution in [0.3, 0.4) is 0 Å². The molecule has 0 saturated heterocycles. The maximum absolute atomic E-state index is 8.93. The number of hydrogen-bond donors (Lipinski definition) is 1. The summed E-state index contributed by atoms with van der Waals surface area (Å²) in [4.78, 5) is 0. The Morgan fingerprint density at radius 3 is 2.21 bits per heavy atom. The fraction of sp³-hybridized carbons (Fsp3) is 0.200. The van der Waals surface area contributed by atoms with Gasteiger partial charge in [-0.05, 0) is 35.9 Å². The number of aliphatic hydroxyl groups is 1. The molecule has 0 spiro atoms. The molecule has 4 heteroatoms. The predicted octanol–water partition coefficient (Wildman–Crippen LogP) is 3.40. The van der Waals surface area contributed by atoms with E-state index in [9.17, 15) is 0 Å². The van der Waals surface area contributed by atoms with Crippen molar-refractivity contribution in [2.24, 2.45) is 0 Å². The summed E-state index contributed by atoms with van der Waals surface area (Å²) in [5, 5.41) is 8.93. The lowest BCUT2D eigenvalue weighted by Gasteiger charge is -2.09. The Labute approximate surface area is 120 Å². The van der Waals surface area contributed by atoms with Crippen molar-refractivity contribution >= 4 is 15.9 Å². The summed E-state index contributed by atoms with van der Waals surface area (Å²) < 4.78 is 12.1. The second kappa shape index (κ2) is 7.16. The molecule has 0 saturated carbocycles. The maximum atomic E-state index is 8.93. The van der Waals surface area contributed by atoms with E-state index in [0.717, 1.165) is 21.5 Å². The van der Waals surface area contributed by atoms with Gasteiger partial charge in [-0.1, -0.05) is 34.1 Å². The summed E-state index contributed by atoms with van der Waals surface area (Å²) >= 11 is 3.39. The molecule has 100 valence electrons. The van der Waals surface area contributed by atoms with E-state index < -0.39 is 0 Å². The first-order valence-electron chi connectivity index (χ1n) is 5.99. The van der Waals surface area contributed by atoms with Crippen LogP contribution < -0.4 is 9.47 Å². The van der Waals surface area contributed by atoms with Gasteiger partial charge < -0.3 is 14.6 Å². The van der Waals surface area contributed by atoms with Crippen LogP contribution in [0.5, 0.6) is 11.5 Å². The number of halogens is 1. The van der Waals surface area contributed by atoms with E-state index in [1.165, 1.54) is 0 Å². The van der Waals surface area contributed by atoms with Crippen molar-refractivity contribution in [1.82, 2.24) is 0 Å². The molecule has 2 rings (SSSR count). The van der Waals surface area contributed by atoms with Crippen LogP contribution in [-0.2, 0) is 6.61 Å². The molecule has 0 bridgehead atoms. The van der Waals surface area contributed by atoms with Gasteiger partial charge in [0.25, 0.3) is 0 Å². The second-order valence-corrected chi connectivity index (χ2v) is 4.87. The van der Waals surface area contributed by atoms with E-state index in [-0.39, 0.29) is 6.61 Å². The summed E-state index contributed by atoms with van der Waals surface area (Å²) in [6.07, 6.45) is 0. The van der Waals surface area contributed by atoms with Crippen LogP contribution in [0.4, 0.5) is 0 Å². The molecule has 1 N–H and O–H groups in total. The monoisotopic (exact) mass is 322 g/mol. The molecule has 2 aromatic carbocycles. The largest absolute Gasteiger partial charge is 0.490 e. The van der Waals surface area contributed by atoms with E-state index in [1.807, 2.05) is 48.5 Å². The van der Waals surface area contributed by atoms with Crippen molar-refractivity contribution < 1.29 is 14.6 Å². The Morgan fingerprint density at radius 1 is 0.895 bits per heavy atom. The Bertz CT molecular complexity index is 511. The molecule has 0 unspecified atom stereocenters. The summed E-state index contributed by atoms with van der Waals surface area (Å²) in [6, 6.07) is 15.0. The molecule has 0 radical (unpaired) electrons. The summed E-state index contributed by atoms with van der Waals surface area (Å²) in [5.74, 6) is 1.59. The van der Waals surface area contributed by atoms with Crippen molar-refractivity contribution in [3.05, 3.63) is 58.6 Å². The first-order chi connectivity index (χ1) is 9.28. The smallest absolute Gasteiger partial charge is 0.122 e. The van der Waals surface area contributed by atoms with Gasteiger partial charge in [0.1, 0.15) is 24.7 Å². The quantitative estimate of drug-likeness (QED) is 0.828. The summed E-state index contributed by atoms with van der Waals surface area (Å²) in [6.45, 7) is 1.01. The maximum Gasteiger partial charge on any atom is 0.122 e. The normalized spacial score (nSPS) is 10.2. The number of aliphatic hydroxyl groups excluding tert-OH is 1. The van der Waals surface area contributed by atoms with Crippen LogP contribution in [0.15, 0.2) is 53.0 Å². The third kappa shape index (κ3) is 4.58. The number of hydrogen-bond acceptors (Lipinski definition) is 3. The van der Waals surface area contributed by atoms with E-state index in [4.69, 9.17) is 14.6 Å². The third-order valence-electron chi connectivity index (χ3n) is 2.52. The van der Waals surface area contributed by atoms with Crippen LogP contribution in [0, 0.1) is 0 Å². The van der Waals surface area contributed by atoms with Crippen LogP contribution in [0.1, 0.15) is 5.56 Å². The SMILES string of the molecule is OCc1ccc(OCCOc2cccc(Br)c2)cc1. The molecule has 0 aromatic heterocycles. The van der Waals surface area contributed by atoms with E-state index in [0.29, 0.717) is 13.2 Å². The van der Waals surface area contributed by atoms with E-state index >= 15 is 0 Å². The van der Waals surface area contributed by atoms with E-state index in [2.05, 4.69) is 15.9 Å². The Hall–Kier alpha value is -1.52. The van der Waals surface area contributed by atoms with Gasteiger partial charge in [-0.15, -0.1) is 0 Å². The highest BCUT2D eigenvalue weighted by Crippen LogP contribution is 2.17. The molecular weight excluding hydrogens is 308 g/mol. The highest BCUT2D eigenvalue weighted by Gasteiger charge is 1.97. The zero-order valence-electron chi connectivity index (χ0n) is 10.4. The fourth-order valence-electron chi connectivity index (χ4n) is 1.57. The standard InChI is InChI=1S/C15H15BrO3/c16-13-2-1-3-15(10-13)19-9-8-18-14-6-4-12(11-17)5-7-14/h1-7,10,17H,8-9,11H2. The van der Waals surface area contributed by atoms with Crippen molar-refractivity contribution in [1.29, 1.82) is 0 Å². The molecule has 0 fully saturated rings. The Morgan fingerprint density at radius 2 is 1.58 bits per heavy atom. The van der Waals surface area contributed by atoms with Crippen molar-refractivity contribution in [3.8, 4) is 11.5 Å². The van der Waals surface area contributed by atoms with Gasteiger partial charge >= 0.3 is 0 Å². The lowest BCUT2D eigenvalue weighted by atomic mass is 10.2. The zero-order chi connectivity index (χ0) is 13.5. The van der Waals surface area contributed by atoms with Gasteiger partial charge in [0.15, 0.2) is 0 Å². The van der Waals surface area contributed by atoms with Crippen LogP contribution in [-0.4, -0.2) is 18.3 Å². The minimum Gasteiger partial charge on any atom is -0.490 e. The van der Waals surface area contributed by atoms with Crippen LogP contribution >= 0.6 is 15.9 Å². The molecule has 0 aliphatic rings. The fourth-order valence-corrected chi connectivity index (χ4v) is 1.95. The average molecular weight is 323 g/mol. The van der Waals surface area contributed by atoms with Crippen LogP contribution in [0.25, 0.3) is 0 Å². The minimum absolute atomic E-state index is 0.0479. The van der Waals surface area contributed by atoms with Crippen molar-refractivity contribution in [2.45, 2.75) is 6.61 Å². The molecule has 0 aliphatic carbocycles. The van der Waals surface area contributed by atoms with Gasteiger partial charge in [-0.2, -0.15) is 0 Å². The van der Waals surface area contributed by atoms with Crippen LogP contribution in [0.2, 0.25) is 0 Å². The molecule has 2 aromatic rings. The summed E-state index contributed by atoms with van der Waals surface area (Å²) in [5.41, 5.74) is 0.873. The highest BCUT2D eigenvalue weighted by atomic mass is 79.9. The van der Waals surface area contributed by atoms with Gasteiger partial charge in [-0.3, -0.25) is 0 Å². The van der Waals surface area contributed by atoms with Gasteiger partial charge in [-0.25, -0.2) is 0 Å². The third-order valence-corrected chi connectivity index (χ3v) is 3.02. The molecular formula is C15H15BrO3. The van der Waals surface area contributed by atoms with Gasteiger partial charge in [0.2, 0.25) is 0 Å². The molecule has 19 heavy (non-hydrogen) atoms.